The van der Waals surface area contributed by atoms with Crippen LogP contribution in [0.1, 0.15) is 11.1 Å². The number of rotatable bonds is 7. The van der Waals surface area contributed by atoms with Gasteiger partial charge in [0.1, 0.15) is 11.3 Å². The van der Waals surface area contributed by atoms with Gasteiger partial charge in [0.15, 0.2) is 18.1 Å². The van der Waals surface area contributed by atoms with Crippen molar-refractivity contribution in [2.45, 2.75) is 6.92 Å². The highest BCUT2D eigenvalue weighted by Gasteiger charge is 2.16. The molecule has 0 aliphatic heterocycles. The molecule has 0 atom stereocenters. The molecule has 1 aromatic heterocycles. The summed E-state index contributed by atoms with van der Waals surface area (Å²) in [6.45, 7) is 1.38. The molecule has 0 N–H and O–H groups in total. The number of benzene rings is 2. The van der Waals surface area contributed by atoms with Gasteiger partial charge < -0.3 is 18.6 Å². The van der Waals surface area contributed by atoms with E-state index < -0.39 is 23.1 Å². The number of hydrogen-bond donors (Lipinski definition) is 0. The van der Waals surface area contributed by atoms with Crippen LogP contribution in [0.3, 0.4) is 0 Å². The predicted octanol–water partition coefficient (Wildman–Crippen LogP) is 4.10. The average molecular weight is 490 g/mol. The fourth-order valence-electron chi connectivity index (χ4n) is 2.76. The van der Waals surface area contributed by atoms with Crippen LogP contribution in [-0.4, -0.2) is 24.6 Å². The van der Waals surface area contributed by atoms with E-state index in [0.29, 0.717) is 21.4 Å². The van der Waals surface area contributed by atoms with Gasteiger partial charge in [0.25, 0.3) is 0 Å². The van der Waals surface area contributed by atoms with Crippen LogP contribution in [0.2, 0.25) is 0 Å². The lowest BCUT2D eigenvalue weighted by Crippen LogP contribution is -2.18. The Bertz CT molecular complexity index is 1250. The van der Waals surface area contributed by atoms with Crippen molar-refractivity contribution in [2.24, 2.45) is 0 Å². The van der Waals surface area contributed by atoms with Gasteiger partial charge in [-0.2, -0.15) is 0 Å². The second kappa shape index (κ2) is 9.43. The highest BCUT2D eigenvalue weighted by Crippen LogP contribution is 2.37. The van der Waals surface area contributed by atoms with Crippen molar-refractivity contribution in [1.82, 2.24) is 0 Å². The molecule has 3 aromatic rings. The molecule has 9 nitrogen and oxygen atoms in total. The van der Waals surface area contributed by atoms with Crippen molar-refractivity contribution < 1.29 is 28.3 Å². The number of carbonyl (C=O) groups excluding carboxylic acids is 1. The first-order chi connectivity index (χ1) is 14.8. The maximum Gasteiger partial charge on any atom is 0.349 e. The number of fused-ring (bicyclic) bond motifs is 1. The largest absolute Gasteiger partial charge is 0.493 e. The third-order valence-corrected chi connectivity index (χ3v) is 4.72. The van der Waals surface area contributed by atoms with Crippen LogP contribution in [0.25, 0.3) is 17.0 Å². The number of esters is 1. The van der Waals surface area contributed by atoms with E-state index in [4.69, 9.17) is 18.6 Å². The third-order valence-electron chi connectivity index (χ3n) is 4.14. The van der Waals surface area contributed by atoms with E-state index in [1.54, 1.807) is 25.1 Å². The Hall–Kier alpha value is -3.66. The second-order valence-electron chi connectivity index (χ2n) is 6.30. The molecule has 0 aliphatic rings. The van der Waals surface area contributed by atoms with Gasteiger partial charge in [-0.1, -0.05) is 0 Å². The van der Waals surface area contributed by atoms with Crippen LogP contribution < -0.4 is 19.8 Å². The highest BCUT2D eigenvalue weighted by atomic mass is 79.9. The lowest BCUT2D eigenvalue weighted by molar-refractivity contribution is -0.400. The number of nitrogens with zero attached hydrogens (tertiary/aromatic N) is 1. The van der Waals surface area contributed by atoms with Crippen LogP contribution in [0.5, 0.6) is 17.2 Å². The van der Waals surface area contributed by atoms with Crippen LogP contribution in [0.15, 0.2) is 56.3 Å². The minimum atomic E-state index is -0.710. The van der Waals surface area contributed by atoms with Crippen LogP contribution in [0.4, 0.5) is 0 Å². The summed E-state index contributed by atoms with van der Waals surface area (Å²) in [6, 6.07) is 9.32. The summed E-state index contributed by atoms with van der Waals surface area (Å²) >= 11 is 3.27. The smallest absolute Gasteiger partial charge is 0.349 e. The van der Waals surface area contributed by atoms with Crippen molar-refractivity contribution >= 4 is 38.9 Å². The molecular formula is C21H16BrNO8. The van der Waals surface area contributed by atoms with Crippen LogP contribution in [0, 0.1) is 17.0 Å². The Kier molecular flexibility index (Phi) is 6.71. The summed E-state index contributed by atoms with van der Waals surface area (Å²) in [5.41, 5.74) is 1.11. The monoisotopic (exact) mass is 489 g/mol. The maximum absolute atomic E-state index is 12.3. The minimum absolute atomic E-state index is 0.106. The zero-order chi connectivity index (χ0) is 22.5. The number of hydrogen-bond acceptors (Lipinski definition) is 8. The Balaban J connectivity index is 1.73. The van der Waals surface area contributed by atoms with E-state index in [-0.39, 0.29) is 11.5 Å². The van der Waals surface area contributed by atoms with Crippen molar-refractivity contribution in [1.29, 1.82) is 0 Å². The van der Waals surface area contributed by atoms with Gasteiger partial charge in [-0.3, -0.25) is 10.1 Å². The number of ether oxygens (including phenoxy) is 3. The molecule has 0 saturated heterocycles. The summed E-state index contributed by atoms with van der Waals surface area (Å²) in [5, 5.41) is 11.2. The topological polar surface area (TPSA) is 118 Å². The molecule has 160 valence electrons. The van der Waals surface area contributed by atoms with Gasteiger partial charge in [-0.25, -0.2) is 9.59 Å². The number of halogens is 1. The normalized spacial score (nSPS) is 10.9. The van der Waals surface area contributed by atoms with E-state index in [9.17, 15) is 19.7 Å². The molecule has 3 rings (SSSR count). The molecule has 0 spiro atoms. The third kappa shape index (κ3) is 5.48. The van der Waals surface area contributed by atoms with Gasteiger partial charge in [-0.15, -0.1) is 0 Å². The minimum Gasteiger partial charge on any atom is -0.493 e. The summed E-state index contributed by atoms with van der Waals surface area (Å²) in [5.74, 6) is -0.0777. The molecule has 31 heavy (non-hydrogen) atoms. The maximum atomic E-state index is 12.3. The fourth-order valence-corrected chi connectivity index (χ4v) is 3.30. The first kappa shape index (κ1) is 22.0. The summed E-state index contributed by atoms with van der Waals surface area (Å²) in [4.78, 5) is 33.7. The first-order valence-electron chi connectivity index (χ1n) is 8.84. The lowest BCUT2D eigenvalue weighted by Gasteiger charge is -2.12. The van der Waals surface area contributed by atoms with E-state index in [2.05, 4.69) is 15.9 Å². The van der Waals surface area contributed by atoms with Crippen molar-refractivity contribution in [3.05, 3.63) is 78.7 Å². The molecule has 0 bridgehead atoms. The van der Waals surface area contributed by atoms with Gasteiger partial charge in [-0.05, 0) is 58.2 Å². The van der Waals surface area contributed by atoms with Gasteiger partial charge in [0, 0.05) is 23.6 Å². The molecule has 2 aromatic carbocycles. The van der Waals surface area contributed by atoms with E-state index >= 15 is 0 Å². The SMILES string of the molecule is COc1cc(/C=C/[N+](=O)[O-])cc(Br)c1OC(=O)COc1ccc2c(C)cc(=O)oc2c1. The molecule has 0 radical (unpaired) electrons. The molecule has 0 aliphatic carbocycles. The van der Waals surface area contributed by atoms with E-state index in [1.165, 1.54) is 31.4 Å². The van der Waals surface area contributed by atoms with Crippen molar-refractivity contribution in [2.75, 3.05) is 13.7 Å². The Morgan fingerprint density at radius 1 is 1.26 bits per heavy atom. The van der Waals surface area contributed by atoms with Crippen molar-refractivity contribution in [3.8, 4) is 17.2 Å². The molecule has 0 saturated carbocycles. The standard InChI is InChI=1S/C21H16BrNO8/c1-12-7-19(24)30-17-10-14(3-4-15(12)17)29-11-20(25)31-21-16(22)8-13(5-6-23(26)27)9-18(21)28-2/h3-10H,11H2,1-2H3/b6-5+. The molecule has 0 unspecified atom stereocenters. The number of nitro groups is 1. The Labute approximate surface area is 184 Å². The summed E-state index contributed by atoms with van der Waals surface area (Å²) in [7, 11) is 1.38. The van der Waals surface area contributed by atoms with Gasteiger partial charge >= 0.3 is 11.6 Å². The molecule has 0 fully saturated rings. The zero-order valence-electron chi connectivity index (χ0n) is 16.4. The van der Waals surface area contributed by atoms with Crippen LogP contribution >= 0.6 is 15.9 Å². The lowest BCUT2D eigenvalue weighted by atomic mass is 10.1. The Morgan fingerprint density at radius 3 is 2.74 bits per heavy atom. The summed E-state index contributed by atoms with van der Waals surface area (Å²) < 4.78 is 21.5. The van der Waals surface area contributed by atoms with E-state index in [0.717, 1.165) is 17.1 Å². The molecular weight excluding hydrogens is 474 g/mol. The Morgan fingerprint density at radius 2 is 2.03 bits per heavy atom. The van der Waals surface area contributed by atoms with Crippen molar-refractivity contribution in [3.63, 3.8) is 0 Å². The van der Waals surface area contributed by atoms with Crippen LogP contribution in [-0.2, 0) is 4.79 Å². The highest BCUT2D eigenvalue weighted by molar-refractivity contribution is 9.10. The number of aryl methyl sites for hydroxylation is 1. The first-order valence-corrected chi connectivity index (χ1v) is 9.63. The number of methoxy groups -OCH3 is 1. The van der Waals surface area contributed by atoms with E-state index in [1.807, 2.05) is 0 Å². The van der Waals surface area contributed by atoms with Gasteiger partial charge in [0.05, 0.1) is 16.5 Å². The van der Waals surface area contributed by atoms with Gasteiger partial charge in [0.2, 0.25) is 6.20 Å². The second-order valence-corrected chi connectivity index (χ2v) is 7.16. The number of carbonyl (C=O) groups is 1. The molecule has 0 amide bonds. The quantitative estimate of drug-likeness (QED) is 0.160. The fraction of sp³-hybridized carbons (Fsp3) is 0.143. The predicted molar refractivity (Wildman–Crippen MR) is 115 cm³/mol. The average Bonchev–Trinajstić information content (AvgIpc) is 2.71. The molecule has 1 heterocycles. The summed E-state index contributed by atoms with van der Waals surface area (Å²) in [6.07, 6.45) is 2.07. The molecule has 10 heteroatoms. The zero-order valence-corrected chi connectivity index (χ0v) is 18.0.